The first-order valence-electron chi connectivity index (χ1n) is 16.8. The highest BCUT2D eigenvalue weighted by Gasteiger charge is 2.36. The largest absolute Gasteiger partial charge is 0.444 e. The monoisotopic (exact) mass is 654 g/mol. The molecule has 0 saturated heterocycles. The summed E-state index contributed by atoms with van der Waals surface area (Å²) < 4.78 is 5.47. The molecule has 1 aromatic heterocycles. The van der Waals surface area contributed by atoms with Gasteiger partial charge in [-0.15, -0.1) is 0 Å². The van der Waals surface area contributed by atoms with Crippen molar-refractivity contribution in [1.82, 2.24) is 25.5 Å². The van der Waals surface area contributed by atoms with Gasteiger partial charge in [0.15, 0.2) is 0 Å². The molecule has 0 unspecified atom stereocenters. The molecule has 12 heteroatoms. The Bertz CT molecular complexity index is 1280. The van der Waals surface area contributed by atoms with Crippen LogP contribution in [0.2, 0.25) is 0 Å². The lowest BCUT2D eigenvalue weighted by molar-refractivity contribution is -0.141. The molecule has 3 rings (SSSR count). The van der Waals surface area contributed by atoms with Gasteiger partial charge in [0.1, 0.15) is 17.7 Å². The fraction of sp³-hybridized carbons (Fsp3) is 0.629. The highest BCUT2D eigenvalue weighted by Crippen LogP contribution is 2.29. The molecule has 1 heterocycles. The van der Waals surface area contributed by atoms with E-state index >= 15 is 0 Å². The minimum atomic E-state index is -1.01. The van der Waals surface area contributed by atoms with Gasteiger partial charge in [0.25, 0.3) is 0 Å². The van der Waals surface area contributed by atoms with Crippen molar-refractivity contribution in [3.8, 4) is 0 Å². The minimum Gasteiger partial charge on any atom is -0.444 e. The van der Waals surface area contributed by atoms with E-state index in [1.54, 1.807) is 33.9 Å². The number of rotatable bonds is 16. The third-order valence-electron chi connectivity index (χ3n) is 8.82. The van der Waals surface area contributed by atoms with Crippen LogP contribution < -0.4 is 16.4 Å². The van der Waals surface area contributed by atoms with E-state index in [0.717, 1.165) is 37.7 Å². The van der Waals surface area contributed by atoms with Gasteiger partial charge in [0, 0.05) is 31.3 Å². The van der Waals surface area contributed by atoms with Crippen molar-refractivity contribution in [3.63, 3.8) is 0 Å². The molecule has 2 aromatic rings. The summed E-state index contributed by atoms with van der Waals surface area (Å²) in [5.74, 6) is -1.70. The number of aliphatic hydroxyl groups is 1. The van der Waals surface area contributed by atoms with Gasteiger partial charge in [-0.2, -0.15) is 0 Å². The molecular weight excluding hydrogens is 600 g/mol. The van der Waals surface area contributed by atoms with E-state index in [4.69, 9.17) is 10.5 Å². The van der Waals surface area contributed by atoms with Crippen LogP contribution in [-0.2, 0) is 32.0 Å². The third kappa shape index (κ3) is 12.7. The number of alkyl carbamates (subject to hydrolysis) is 1. The van der Waals surface area contributed by atoms with Crippen molar-refractivity contribution < 1.29 is 29.0 Å². The number of primary amides is 1. The van der Waals surface area contributed by atoms with Crippen LogP contribution in [0.1, 0.15) is 90.3 Å². The molecule has 1 aliphatic rings. The van der Waals surface area contributed by atoms with Gasteiger partial charge in [0.05, 0.1) is 18.5 Å². The molecule has 1 aliphatic carbocycles. The van der Waals surface area contributed by atoms with Gasteiger partial charge in [-0.3, -0.25) is 14.4 Å². The fourth-order valence-corrected chi connectivity index (χ4v) is 6.09. The van der Waals surface area contributed by atoms with E-state index in [9.17, 15) is 24.3 Å². The van der Waals surface area contributed by atoms with Crippen molar-refractivity contribution in [2.45, 2.75) is 122 Å². The molecule has 1 saturated carbocycles. The van der Waals surface area contributed by atoms with E-state index in [-0.39, 0.29) is 19.3 Å². The average molecular weight is 655 g/mol. The number of H-pyrrole nitrogens is 1. The first kappa shape index (κ1) is 37.5. The van der Waals surface area contributed by atoms with Gasteiger partial charge < -0.3 is 36.1 Å². The molecular formula is C35H54N6O6. The fourth-order valence-electron chi connectivity index (χ4n) is 6.09. The number of amides is 4. The molecule has 4 amide bonds. The highest BCUT2D eigenvalue weighted by atomic mass is 16.6. The van der Waals surface area contributed by atoms with Gasteiger partial charge in [-0.05, 0) is 57.9 Å². The summed E-state index contributed by atoms with van der Waals surface area (Å²) in [6, 6.07) is 7.00. The summed E-state index contributed by atoms with van der Waals surface area (Å²) in [7, 11) is 1.54. The lowest BCUT2D eigenvalue weighted by atomic mass is 9.82. The molecule has 0 radical (unpaired) electrons. The van der Waals surface area contributed by atoms with Crippen molar-refractivity contribution in [1.29, 1.82) is 0 Å². The maximum Gasteiger partial charge on any atom is 0.408 e. The number of aryl methyl sites for hydroxylation is 1. The van der Waals surface area contributed by atoms with Crippen LogP contribution in [0.4, 0.5) is 4.79 Å². The zero-order valence-electron chi connectivity index (χ0n) is 28.5. The number of hydrogen-bond acceptors (Lipinski definition) is 7. The second kappa shape index (κ2) is 17.8. The standard InChI is InChI=1S/C35H54N6O6/c1-23(31(36)43)18-30(42)28(19-25-14-10-7-11-15-25)39-32(44)29(20-26-21-37-22-38-26)41(5)33(45)27(40-34(46)47-35(2,3)4)17-16-24-12-8-6-9-13-24/h6,8-9,12-13,21-23,25,27-30,42H,7,10-11,14-20H2,1-5H3,(H2,36,43)(H,37,38)(H,39,44)(H,40,46)/t23-,27+,28+,29+,30+/m1/s1. The maximum absolute atomic E-state index is 14.1. The maximum atomic E-state index is 14.1. The Morgan fingerprint density at radius 2 is 1.79 bits per heavy atom. The van der Waals surface area contributed by atoms with Crippen LogP contribution in [0.5, 0.6) is 0 Å². The molecule has 0 aliphatic heterocycles. The Hall–Kier alpha value is -3.93. The number of aromatic amines is 1. The molecule has 260 valence electrons. The normalized spacial score (nSPS) is 17.1. The average Bonchev–Trinajstić information content (AvgIpc) is 3.54. The number of nitrogens with one attached hydrogen (secondary N) is 3. The smallest absolute Gasteiger partial charge is 0.408 e. The predicted molar refractivity (Wildman–Crippen MR) is 179 cm³/mol. The number of likely N-dealkylation sites (N-methyl/N-ethyl adjacent to an activating group) is 1. The van der Waals surface area contributed by atoms with Crippen molar-refractivity contribution in [2.24, 2.45) is 17.6 Å². The summed E-state index contributed by atoms with van der Waals surface area (Å²) >= 11 is 0. The van der Waals surface area contributed by atoms with Gasteiger partial charge in [0.2, 0.25) is 17.7 Å². The topological polar surface area (TPSA) is 180 Å². The van der Waals surface area contributed by atoms with E-state index in [2.05, 4.69) is 20.6 Å². The molecule has 1 aromatic carbocycles. The summed E-state index contributed by atoms with van der Waals surface area (Å²) in [5, 5.41) is 17.1. The van der Waals surface area contributed by atoms with Crippen molar-refractivity contribution in [3.05, 3.63) is 54.1 Å². The van der Waals surface area contributed by atoms with Gasteiger partial charge in [-0.25, -0.2) is 9.78 Å². The Balaban J connectivity index is 1.87. The third-order valence-corrected chi connectivity index (χ3v) is 8.82. The first-order valence-corrected chi connectivity index (χ1v) is 16.8. The van der Waals surface area contributed by atoms with E-state index < -0.39 is 59.6 Å². The SMILES string of the molecule is C[C@H](C[C@H](O)[C@H](CC1CCCCC1)NC(=O)[C@H](Cc1cnc[nH]1)N(C)C(=O)[C@H](CCc1ccccc1)NC(=O)OC(C)(C)C)C(N)=O. The molecule has 12 nitrogen and oxygen atoms in total. The number of benzene rings is 1. The van der Waals surface area contributed by atoms with Crippen LogP contribution in [0.15, 0.2) is 42.9 Å². The van der Waals surface area contributed by atoms with E-state index in [0.29, 0.717) is 24.5 Å². The van der Waals surface area contributed by atoms with Gasteiger partial charge >= 0.3 is 6.09 Å². The number of aliphatic hydroxyl groups excluding tert-OH is 1. The number of nitrogens with zero attached hydrogens (tertiary/aromatic N) is 2. The molecule has 0 bridgehead atoms. The first-order chi connectivity index (χ1) is 22.2. The van der Waals surface area contributed by atoms with E-state index in [1.165, 1.54) is 18.3 Å². The minimum absolute atomic E-state index is 0.106. The molecule has 47 heavy (non-hydrogen) atoms. The second-order valence-corrected chi connectivity index (χ2v) is 13.9. The number of nitrogens with two attached hydrogens (primary N) is 1. The van der Waals surface area contributed by atoms with E-state index in [1.807, 2.05) is 30.3 Å². The summed E-state index contributed by atoms with van der Waals surface area (Å²) in [5.41, 5.74) is 6.36. The number of carbonyl (C=O) groups is 4. The Kier molecular flexibility index (Phi) is 14.2. The van der Waals surface area contributed by atoms with Crippen molar-refractivity contribution >= 4 is 23.8 Å². The Morgan fingerprint density at radius 1 is 1.11 bits per heavy atom. The number of imidazole rings is 1. The molecule has 5 atom stereocenters. The highest BCUT2D eigenvalue weighted by molar-refractivity contribution is 5.91. The van der Waals surface area contributed by atoms with Crippen molar-refractivity contribution in [2.75, 3.05) is 7.05 Å². The van der Waals surface area contributed by atoms with Crippen LogP contribution >= 0.6 is 0 Å². The molecule has 0 spiro atoms. The lowest BCUT2D eigenvalue weighted by Gasteiger charge is -2.35. The summed E-state index contributed by atoms with van der Waals surface area (Å²) in [4.78, 5) is 61.4. The number of aromatic nitrogens is 2. The summed E-state index contributed by atoms with van der Waals surface area (Å²) in [6.45, 7) is 6.89. The number of carbonyl (C=O) groups excluding carboxylic acids is 4. The van der Waals surface area contributed by atoms with Gasteiger partial charge in [-0.1, -0.05) is 69.4 Å². The lowest BCUT2D eigenvalue weighted by Crippen LogP contribution is -2.58. The Morgan fingerprint density at radius 3 is 2.38 bits per heavy atom. The summed E-state index contributed by atoms with van der Waals surface area (Å²) in [6.07, 6.45) is 8.25. The molecule has 1 fully saturated rings. The van der Waals surface area contributed by atoms with Crippen LogP contribution in [0, 0.1) is 11.8 Å². The number of ether oxygens (including phenoxy) is 1. The zero-order chi connectivity index (χ0) is 34.6. The van der Waals surface area contributed by atoms with Crippen LogP contribution in [0.3, 0.4) is 0 Å². The van der Waals surface area contributed by atoms with Crippen LogP contribution in [0.25, 0.3) is 0 Å². The Labute approximate surface area is 278 Å². The second-order valence-electron chi connectivity index (χ2n) is 13.9. The quantitative estimate of drug-likeness (QED) is 0.183. The van der Waals surface area contributed by atoms with Crippen LogP contribution in [-0.4, -0.2) is 80.7 Å². The molecule has 6 N–H and O–H groups in total. The zero-order valence-corrected chi connectivity index (χ0v) is 28.5. The number of hydrogen-bond donors (Lipinski definition) is 5. The predicted octanol–water partition coefficient (Wildman–Crippen LogP) is 3.63.